The van der Waals surface area contributed by atoms with E-state index in [2.05, 4.69) is 9.47 Å². The number of hydrogen-bond donors (Lipinski definition) is 2. The average molecular weight is 501 g/mol. The van der Waals surface area contributed by atoms with Crippen molar-refractivity contribution < 1.29 is 29.3 Å². The Morgan fingerprint density at radius 2 is 0.686 bits per heavy atom. The molecule has 2 N–H and O–H groups in total. The van der Waals surface area contributed by atoms with Crippen LogP contribution in [0.3, 0.4) is 0 Å². The van der Waals surface area contributed by atoms with Crippen molar-refractivity contribution >= 4 is 11.9 Å². The molecule has 6 heteroatoms. The quantitative estimate of drug-likeness (QED) is 0.0978. The monoisotopic (exact) mass is 500 g/mol. The lowest BCUT2D eigenvalue weighted by Gasteiger charge is -2.17. The summed E-state index contributed by atoms with van der Waals surface area (Å²) in [6.45, 7) is 0. The number of carbonyl (C=O) groups excluding carboxylic acids is 2. The number of carbonyl (C=O) groups is 2. The van der Waals surface area contributed by atoms with Gasteiger partial charge in [0.25, 0.3) is 0 Å². The third kappa shape index (κ3) is 24.3. The second kappa shape index (κ2) is 25.9. The van der Waals surface area contributed by atoms with E-state index >= 15 is 0 Å². The maximum absolute atomic E-state index is 11.0. The van der Waals surface area contributed by atoms with Gasteiger partial charge in [-0.05, 0) is 25.7 Å². The standard InChI is InChI=1S/C29H56O6/c1-34-28(32)24-20-16-12-8-4-3-6-10-14-18-22-26(30)27(31)23-19-15-11-7-5-9-13-17-21-25-29(33)35-2/h26-27,30-31H,3-25H2,1-2H3. The second-order valence-corrected chi connectivity index (χ2v) is 10.1. The Morgan fingerprint density at radius 1 is 0.457 bits per heavy atom. The molecule has 0 saturated heterocycles. The van der Waals surface area contributed by atoms with Gasteiger partial charge in [-0.1, -0.05) is 109 Å². The van der Waals surface area contributed by atoms with Gasteiger partial charge in [-0.3, -0.25) is 9.59 Å². The first-order chi connectivity index (χ1) is 17.0. The molecule has 0 radical (unpaired) electrons. The predicted molar refractivity (Wildman–Crippen MR) is 142 cm³/mol. The van der Waals surface area contributed by atoms with Gasteiger partial charge in [0.1, 0.15) is 0 Å². The number of aliphatic hydroxyl groups excluding tert-OH is 2. The van der Waals surface area contributed by atoms with Crippen LogP contribution in [0.2, 0.25) is 0 Å². The lowest BCUT2D eigenvalue weighted by molar-refractivity contribution is -0.141. The van der Waals surface area contributed by atoms with Crippen LogP contribution in [0.1, 0.15) is 148 Å². The van der Waals surface area contributed by atoms with E-state index in [0.717, 1.165) is 51.4 Å². The summed E-state index contributed by atoms with van der Waals surface area (Å²) in [6, 6.07) is 0. The van der Waals surface area contributed by atoms with Crippen LogP contribution >= 0.6 is 0 Å². The highest BCUT2D eigenvalue weighted by molar-refractivity contribution is 5.69. The number of rotatable bonds is 26. The molecule has 0 aliphatic carbocycles. The molecule has 0 spiro atoms. The molecule has 2 unspecified atom stereocenters. The summed E-state index contributed by atoms with van der Waals surface area (Å²) in [7, 11) is 2.88. The summed E-state index contributed by atoms with van der Waals surface area (Å²) < 4.78 is 9.29. The van der Waals surface area contributed by atoms with Crippen molar-refractivity contribution in [2.24, 2.45) is 0 Å². The van der Waals surface area contributed by atoms with Crippen molar-refractivity contribution in [2.45, 2.75) is 160 Å². The molecule has 0 saturated carbocycles. The Bertz CT molecular complexity index is 482. The van der Waals surface area contributed by atoms with Crippen LogP contribution in [0.4, 0.5) is 0 Å². The number of ether oxygens (including phenoxy) is 2. The zero-order valence-electron chi connectivity index (χ0n) is 22.9. The largest absolute Gasteiger partial charge is 0.469 e. The van der Waals surface area contributed by atoms with Crippen LogP contribution in [-0.2, 0) is 19.1 Å². The van der Waals surface area contributed by atoms with E-state index in [1.54, 1.807) is 0 Å². The first-order valence-corrected chi connectivity index (χ1v) is 14.5. The van der Waals surface area contributed by atoms with E-state index in [0.29, 0.717) is 25.7 Å². The molecule has 208 valence electrons. The molecule has 0 aromatic rings. The van der Waals surface area contributed by atoms with E-state index < -0.39 is 12.2 Å². The highest BCUT2D eigenvalue weighted by Gasteiger charge is 2.15. The maximum atomic E-state index is 11.0. The molecule has 0 aliphatic rings. The van der Waals surface area contributed by atoms with Crippen molar-refractivity contribution in [2.75, 3.05) is 14.2 Å². The highest BCUT2D eigenvalue weighted by Crippen LogP contribution is 2.16. The lowest BCUT2D eigenvalue weighted by atomic mass is 9.99. The maximum Gasteiger partial charge on any atom is 0.305 e. The molecule has 0 heterocycles. The minimum Gasteiger partial charge on any atom is -0.469 e. The third-order valence-corrected chi connectivity index (χ3v) is 6.91. The number of methoxy groups -OCH3 is 2. The molecule has 0 aliphatic heterocycles. The molecule has 0 aromatic carbocycles. The minimum atomic E-state index is -0.580. The summed E-state index contributed by atoms with van der Waals surface area (Å²) >= 11 is 0. The predicted octanol–water partition coefficient (Wildman–Crippen LogP) is 7.03. The van der Waals surface area contributed by atoms with Crippen LogP contribution in [0, 0.1) is 0 Å². The Labute approximate surface area is 215 Å². The fraction of sp³-hybridized carbons (Fsp3) is 0.931. The van der Waals surface area contributed by atoms with Crippen LogP contribution in [0.5, 0.6) is 0 Å². The molecule has 35 heavy (non-hydrogen) atoms. The fourth-order valence-corrected chi connectivity index (χ4v) is 4.49. The van der Waals surface area contributed by atoms with Crippen LogP contribution < -0.4 is 0 Å². The van der Waals surface area contributed by atoms with Crippen molar-refractivity contribution in [3.05, 3.63) is 0 Å². The summed E-state index contributed by atoms with van der Waals surface area (Å²) in [5.41, 5.74) is 0. The van der Waals surface area contributed by atoms with Crippen LogP contribution in [0.15, 0.2) is 0 Å². The molecule has 0 rings (SSSR count). The molecule has 2 atom stereocenters. The number of unbranched alkanes of at least 4 members (excludes halogenated alkanes) is 17. The summed E-state index contributed by atoms with van der Waals surface area (Å²) in [5, 5.41) is 20.4. The summed E-state index contributed by atoms with van der Waals surface area (Å²) in [6.07, 6.45) is 23.1. The van der Waals surface area contributed by atoms with Crippen LogP contribution in [0.25, 0.3) is 0 Å². The van der Waals surface area contributed by atoms with Gasteiger partial charge < -0.3 is 19.7 Å². The molecule has 0 aromatic heterocycles. The zero-order chi connectivity index (χ0) is 26.0. The van der Waals surface area contributed by atoms with Crippen molar-refractivity contribution in [3.63, 3.8) is 0 Å². The molecule has 0 fully saturated rings. The average Bonchev–Trinajstić information content (AvgIpc) is 2.86. The molecule has 0 bridgehead atoms. The van der Waals surface area contributed by atoms with Gasteiger partial charge >= 0.3 is 11.9 Å². The third-order valence-electron chi connectivity index (χ3n) is 6.91. The Balaban J connectivity index is 3.34. The smallest absolute Gasteiger partial charge is 0.305 e. The number of aliphatic hydroxyl groups is 2. The first kappa shape index (κ1) is 33.9. The van der Waals surface area contributed by atoms with Gasteiger partial charge in [-0.15, -0.1) is 0 Å². The van der Waals surface area contributed by atoms with E-state index in [9.17, 15) is 19.8 Å². The number of esters is 2. The van der Waals surface area contributed by atoms with Gasteiger partial charge in [0, 0.05) is 12.8 Å². The molecule has 0 amide bonds. The molecular formula is C29H56O6. The van der Waals surface area contributed by atoms with E-state index in [1.165, 1.54) is 84.8 Å². The van der Waals surface area contributed by atoms with Gasteiger partial charge in [0.2, 0.25) is 0 Å². The SMILES string of the molecule is COC(=O)CCCCCCCCCCCCC(O)C(O)CCCCCCCCCCCC(=O)OC. The van der Waals surface area contributed by atoms with Crippen molar-refractivity contribution in [1.82, 2.24) is 0 Å². The summed E-state index contributed by atoms with van der Waals surface area (Å²) in [5.74, 6) is -0.215. The zero-order valence-corrected chi connectivity index (χ0v) is 22.9. The van der Waals surface area contributed by atoms with Gasteiger partial charge in [-0.25, -0.2) is 0 Å². The van der Waals surface area contributed by atoms with Gasteiger partial charge in [0.05, 0.1) is 26.4 Å². The molecule has 6 nitrogen and oxygen atoms in total. The van der Waals surface area contributed by atoms with Crippen molar-refractivity contribution in [3.8, 4) is 0 Å². The second-order valence-electron chi connectivity index (χ2n) is 10.1. The van der Waals surface area contributed by atoms with E-state index in [-0.39, 0.29) is 11.9 Å². The van der Waals surface area contributed by atoms with Crippen LogP contribution in [-0.4, -0.2) is 48.6 Å². The lowest BCUT2D eigenvalue weighted by Crippen LogP contribution is -2.25. The van der Waals surface area contributed by atoms with Gasteiger partial charge in [-0.2, -0.15) is 0 Å². The normalized spacial score (nSPS) is 12.9. The fourth-order valence-electron chi connectivity index (χ4n) is 4.49. The summed E-state index contributed by atoms with van der Waals surface area (Å²) in [4.78, 5) is 22.1. The topological polar surface area (TPSA) is 93.1 Å². The highest BCUT2D eigenvalue weighted by atomic mass is 16.5. The first-order valence-electron chi connectivity index (χ1n) is 14.5. The Kier molecular flexibility index (Phi) is 25.1. The Morgan fingerprint density at radius 3 is 0.943 bits per heavy atom. The number of hydrogen-bond acceptors (Lipinski definition) is 6. The van der Waals surface area contributed by atoms with Gasteiger partial charge in [0.15, 0.2) is 0 Å². The minimum absolute atomic E-state index is 0.105. The van der Waals surface area contributed by atoms with E-state index in [4.69, 9.17) is 0 Å². The molecular weight excluding hydrogens is 444 g/mol. The van der Waals surface area contributed by atoms with E-state index in [1.807, 2.05) is 0 Å². The van der Waals surface area contributed by atoms with Crippen molar-refractivity contribution in [1.29, 1.82) is 0 Å². The Hall–Kier alpha value is -1.14.